The molecule has 0 radical (unpaired) electrons. The number of halogens is 2. The number of carboxylic acids is 1. The summed E-state index contributed by atoms with van der Waals surface area (Å²) in [5.74, 6) is -4.16. The van der Waals surface area contributed by atoms with E-state index in [2.05, 4.69) is 18.8 Å². The highest BCUT2D eigenvalue weighted by molar-refractivity contribution is 7.47. The Bertz CT molecular complexity index is 966. The SMILES string of the molecule is CCCCCCCCC(=O)O.CCCCCCCCOP(=O)(O)OCC1CC(F)(F)C(n2ccc(N)nc2=O)O1. The van der Waals surface area contributed by atoms with Crippen molar-refractivity contribution in [2.75, 3.05) is 18.9 Å². The van der Waals surface area contributed by atoms with Gasteiger partial charge in [0.15, 0.2) is 0 Å². The summed E-state index contributed by atoms with van der Waals surface area (Å²) in [5.41, 5.74) is 4.37. The fourth-order valence-electron chi connectivity index (χ4n) is 4.04. The van der Waals surface area contributed by atoms with Crippen LogP contribution in [0.25, 0.3) is 0 Å². The van der Waals surface area contributed by atoms with Gasteiger partial charge in [-0.1, -0.05) is 78.1 Å². The van der Waals surface area contributed by atoms with Crippen LogP contribution in [0.1, 0.15) is 110 Å². The third-order valence-electron chi connectivity index (χ3n) is 6.21. The van der Waals surface area contributed by atoms with E-state index in [0.29, 0.717) is 17.4 Å². The summed E-state index contributed by atoms with van der Waals surface area (Å²) < 4.78 is 55.9. The van der Waals surface area contributed by atoms with Crippen LogP contribution in [-0.2, 0) is 23.1 Å². The Morgan fingerprint density at radius 2 is 1.68 bits per heavy atom. The van der Waals surface area contributed by atoms with Gasteiger partial charge in [-0.2, -0.15) is 4.98 Å². The number of anilines is 1. The Kier molecular flexibility index (Phi) is 17.4. The number of ether oxygens (including phenoxy) is 1. The summed E-state index contributed by atoms with van der Waals surface area (Å²) >= 11 is 0. The fourth-order valence-corrected chi connectivity index (χ4v) is 4.83. The molecular formula is C26H46F2N3O8P. The van der Waals surface area contributed by atoms with Crippen LogP contribution >= 0.6 is 7.82 Å². The van der Waals surface area contributed by atoms with Gasteiger partial charge in [0.05, 0.1) is 19.3 Å². The molecule has 1 fully saturated rings. The summed E-state index contributed by atoms with van der Waals surface area (Å²) in [6, 6.07) is 1.20. The van der Waals surface area contributed by atoms with E-state index < -0.39 is 50.8 Å². The van der Waals surface area contributed by atoms with Crippen LogP contribution in [0.2, 0.25) is 0 Å². The number of hydrogen-bond acceptors (Lipinski definition) is 8. The van der Waals surface area contributed by atoms with Crippen LogP contribution in [-0.4, -0.2) is 50.8 Å². The summed E-state index contributed by atoms with van der Waals surface area (Å²) in [4.78, 5) is 35.0. The largest absolute Gasteiger partial charge is 0.481 e. The van der Waals surface area contributed by atoms with Gasteiger partial charge in [-0.05, 0) is 18.9 Å². The van der Waals surface area contributed by atoms with E-state index in [0.717, 1.165) is 51.1 Å². The first kappa shape index (κ1) is 36.1. The number of carbonyl (C=O) groups is 1. The number of unbranched alkanes of at least 4 members (excludes halogenated alkanes) is 10. The first-order valence-corrected chi connectivity index (χ1v) is 15.6. The molecule has 14 heteroatoms. The molecule has 1 saturated heterocycles. The van der Waals surface area contributed by atoms with Gasteiger partial charge < -0.3 is 20.5 Å². The normalized spacial score (nSPS) is 19.5. The van der Waals surface area contributed by atoms with E-state index in [4.69, 9.17) is 24.6 Å². The molecule has 11 nitrogen and oxygen atoms in total. The molecule has 0 amide bonds. The number of carboxylic acid groups (broad SMARTS) is 1. The van der Waals surface area contributed by atoms with Gasteiger partial charge in [0.2, 0.25) is 6.23 Å². The molecule has 0 spiro atoms. The van der Waals surface area contributed by atoms with Crippen LogP contribution in [0.15, 0.2) is 17.1 Å². The number of hydrogen-bond donors (Lipinski definition) is 3. The standard InChI is InChI=1S/C17H28F2N3O6P.C9H18O2/c1-2-3-4-5-6-7-10-26-29(24,25)27-12-13-11-17(18,19)15(28-13)22-9-8-14(20)21-16(22)23;1-2-3-4-5-6-7-8-9(10)11/h8-9,13,15H,2-7,10-12H2,1H3,(H,24,25)(H2,20,21,23);2-8H2,1H3,(H,10,11). The van der Waals surface area contributed by atoms with E-state index in [1.165, 1.54) is 31.7 Å². The molecule has 2 heterocycles. The summed E-state index contributed by atoms with van der Waals surface area (Å²) in [6.07, 6.45) is 10.3. The molecule has 0 aromatic carbocycles. The molecule has 4 N–H and O–H groups in total. The number of rotatable bonds is 19. The lowest BCUT2D eigenvalue weighted by Crippen LogP contribution is -2.35. The highest BCUT2D eigenvalue weighted by atomic mass is 31.2. The molecule has 1 aliphatic heterocycles. The topological polar surface area (TPSA) is 163 Å². The van der Waals surface area contributed by atoms with Crippen molar-refractivity contribution in [3.63, 3.8) is 0 Å². The van der Waals surface area contributed by atoms with Gasteiger partial charge in [0.25, 0.3) is 5.92 Å². The zero-order valence-electron chi connectivity index (χ0n) is 23.6. The zero-order valence-corrected chi connectivity index (χ0v) is 24.5. The average molecular weight is 598 g/mol. The van der Waals surface area contributed by atoms with Crippen molar-refractivity contribution in [2.24, 2.45) is 0 Å². The van der Waals surface area contributed by atoms with Gasteiger partial charge in [0.1, 0.15) is 5.82 Å². The number of phosphoric ester groups is 1. The van der Waals surface area contributed by atoms with Crippen LogP contribution in [0.5, 0.6) is 0 Å². The molecule has 0 saturated carbocycles. The van der Waals surface area contributed by atoms with E-state index in [1.54, 1.807) is 0 Å². The molecule has 1 aliphatic rings. The predicted molar refractivity (Wildman–Crippen MR) is 147 cm³/mol. The number of aliphatic carboxylic acids is 1. The van der Waals surface area contributed by atoms with Crippen molar-refractivity contribution >= 4 is 19.6 Å². The fraction of sp³-hybridized carbons (Fsp3) is 0.808. The van der Waals surface area contributed by atoms with Crippen molar-refractivity contribution in [1.82, 2.24) is 9.55 Å². The number of phosphoric acid groups is 1. The van der Waals surface area contributed by atoms with E-state index in [9.17, 15) is 27.8 Å². The van der Waals surface area contributed by atoms with E-state index in [1.807, 2.05) is 0 Å². The highest BCUT2D eigenvalue weighted by Crippen LogP contribution is 2.47. The minimum atomic E-state index is -4.38. The molecule has 3 unspecified atom stereocenters. The maximum absolute atomic E-state index is 14.3. The van der Waals surface area contributed by atoms with Gasteiger partial charge in [-0.15, -0.1) is 0 Å². The lowest BCUT2D eigenvalue weighted by Gasteiger charge is -2.19. The third kappa shape index (κ3) is 15.2. The second-order valence-corrected chi connectivity index (χ2v) is 11.3. The Balaban J connectivity index is 0.000000614. The zero-order chi connectivity index (χ0) is 30.0. The molecule has 40 heavy (non-hydrogen) atoms. The Morgan fingerprint density at radius 1 is 1.10 bits per heavy atom. The maximum Gasteiger partial charge on any atom is 0.472 e. The summed E-state index contributed by atoms with van der Waals surface area (Å²) in [5, 5.41) is 8.32. The average Bonchev–Trinajstić information content (AvgIpc) is 3.18. The molecule has 2 rings (SSSR count). The van der Waals surface area contributed by atoms with Gasteiger partial charge in [-0.25, -0.2) is 18.1 Å². The molecule has 1 aromatic heterocycles. The van der Waals surface area contributed by atoms with Crippen molar-refractivity contribution in [1.29, 1.82) is 0 Å². The first-order valence-electron chi connectivity index (χ1n) is 14.1. The first-order chi connectivity index (χ1) is 18.9. The lowest BCUT2D eigenvalue weighted by molar-refractivity contribution is -0.137. The van der Waals surface area contributed by atoms with Crippen molar-refractivity contribution in [3.05, 3.63) is 22.7 Å². The molecule has 232 valence electrons. The van der Waals surface area contributed by atoms with Gasteiger partial charge in [0, 0.05) is 19.0 Å². The quantitative estimate of drug-likeness (QED) is 0.126. The van der Waals surface area contributed by atoms with Crippen molar-refractivity contribution < 1.29 is 41.9 Å². The molecule has 0 aliphatic carbocycles. The minimum Gasteiger partial charge on any atom is -0.481 e. The number of nitrogen functional groups attached to an aromatic ring is 1. The second-order valence-electron chi connectivity index (χ2n) is 9.89. The molecule has 0 bridgehead atoms. The second kappa shape index (κ2) is 19.2. The van der Waals surface area contributed by atoms with E-state index >= 15 is 0 Å². The number of alkyl halides is 2. The van der Waals surface area contributed by atoms with Gasteiger partial charge >= 0.3 is 19.5 Å². The minimum absolute atomic E-state index is 0.0384. The molecule has 3 atom stereocenters. The van der Waals surface area contributed by atoms with Crippen molar-refractivity contribution in [2.45, 2.75) is 122 Å². The van der Waals surface area contributed by atoms with Crippen LogP contribution in [0, 0.1) is 0 Å². The Morgan fingerprint density at radius 3 is 2.25 bits per heavy atom. The van der Waals surface area contributed by atoms with Gasteiger partial charge in [-0.3, -0.25) is 18.4 Å². The summed E-state index contributed by atoms with van der Waals surface area (Å²) in [7, 11) is -4.38. The number of aromatic nitrogens is 2. The Labute approximate surface area is 235 Å². The highest BCUT2D eigenvalue weighted by Gasteiger charge is 2.52. The lowest BCUT2D eigenvalue weighted by atomic mass is 10.1. The summed E-state index contributed by atoms with van der Waals surface area (Å²) in [6.45, 7) is 3.75. The van der Waals surface area contributed by atoms with Crippen molar-refractivity contribution in [3.8, 4) is 0 Å². The number of nitrogens with zero attached hydrogens (tertiary/aromatic N) is 2. The monoisotopic (exact) mass is 597 g/mol. The number of nitrogens with two attached hydrogens (primary N) is 1. The predicted octanol–water partition coefficient (Wildman–Crippen LogP) is 6.06. The Hall–Kier alpha value is -1.92. The molecule has 1 aromatic rings. The van der Waals surface area contributed by atoms with Crippen LogP contribution in [0.4, 0.5) is 14.6 Å². The smallest absolute Gasteiger partial charge is 0.472 e. The molecular weight excluding hydrogens is 551 g/mol. The maximum atomic E-state index is 14.3. The van der Waals surface area contributed by atoms with Crippen LogP contribution < -0.4 is 11.4 Å². The third-order valence-corrected chi connectivity index (χ3v) is 7.19. The van der Waals surface area contributed by atoms with Crippen LogP contribution in [0.3, 0.4) is 0 Å². The van der Waals surface area contributed by atoms with E-state index in [-0.39, 0.29) is 12.4 Å².